The second-order valence-corrected chi connectivity index (χ2v) is 10.0. The minimum absolute atomic E-state index is 0.0588. The van der Waals surface area contributed by atoms with Crippen molar-refractivity contribution in [1.82, 2.24) is 29.9 Å². The third-order valence-electron chi connectivity index (χ3n) is 6.96. The maximum absolute atomic E-state index is 13.2. The number of hydrogen-bond acceptors (Lipinski definition) is 16. The van der Waals surface area contributed by atoms with E-state index in [1.165, 1.54) is 31.5 Å². The lowest BCUT2D eigenvalue weighted by molar-refractivity contribution is -0.325. The molecule has 3 N–H and O–H groups in total. The molecule has 1 aliphatic heterocycles. The maximum Gasteiger partial charge on any atom is 0.415 e. The van der Waals surface area contributed by atoms with Gasteiger partial charge < -0.3 is 43.7 Å². The summed E-state index contributed by atoms with van der Waals surface area (Å²) < 4.78 is 32.1. The summed E-state index contributed by atoms with van der Waals surface area (Å²) in [4.78, 5) is 40.0. The largest absolute Gasteiger partial charge is 0.469 e. The Morgan fingerprint density at radius 2 is 1.61 bits per heavy atom. The van der Waals surface area contributed by atoms with Gasteiger partial charge in [-0.1, -0.05) is 0 Å². The fraction of sp³-hybridized carbons (Fsp3) is 0.519. The molecule has 3 aromatic heterocycles. The molecule has 44 heavy (non-hydrogen) atoms. The lowest BCUT2D eigenvalue weighted by Gasteiger charge is -2.35. The number of anilines is 1. The van der Waals surface area contributed by atoms with Crippen molar-refractivity contribution >= 4 is 11.9 Å². The summed E-state index contributed by atoms with van der Waals surface area (Å²) in [6.45, 7) is 0.906. The van der Waals surface area contributed by atoms with Gasteiger partial charge in [0, 0.05) is 37.3 Å². The Balaban J connectivity index is 1.26. The number of methoxy groups -OCH3 is 2. The standard InChI is InChI=1S/C27H33N7O10/c1-39-7-8-42-26(35)34(22-13-28-21(12-29-22)16-9-30-24(40-2)31-10-16)17-3-5-18(6-4-17)44-25-32-11-20(27(36,37)38)23(33-25)43-19-14-41-15-19/h9-13,17-19,36-38H,3-8,14-15H2,1-2H3/t17-,18-. The molecule has 0 spiro atoms. The minimum Gasteiger partial charge on any atom is -0.469 e. The Hall–Kier alpha value is -4.29. The first-order chi connectivity index (χ1) is 21.2. The van der Waals surface area contributed by atoms with E-state index in [-0.39, 0.29) is 49.4 Å². The second kappa shape index (κ2) is 14.0. The third kappa shape index (κ3) is 7.61. The van der Waals surface area contributed by atoms with Crippen molar-refractivity contribution in [3.8, 4) is 29.2 Å². The van der Waals surface area contributed by atoms with Crippen LogP contribution in [0.25, 0.3) is 11.3 Å². The van der Waals surface area contributed by atoms with Crippen LogP contribution in [0, 0.1) is 0 Å². The normalized spacial score (nSPS) is 18.7. The Morgan fingerprint density at radius 3 is 2.20 bits per heavy atom. The molecule has 0 radical (unpaired) electrons. The van der Waals surface area contributed by atoms with Gasteiger partial charge in [0.05, 0.1) is 45.0 Å². The van der Waals surface area contributed by atoms with Crippen LogP contribution >= 0.6 is 0 Å². The highest BCUT2D eigenvalue weighted by Crippen LogP contribution is 2.32. The average molecular weight is 616 g/mol. The van der Waals surface area contributed by atoms with E-state index < -0.39 is 17.6 Å². The fourth-order valence-electron chi connectivity index (χ4n) is 4.60. The molecule has 236 valence electrons. The molecule has 2 aliphatic rings. The number of amides is 1. The summed E-state index contributed by atoms with van der Waals surface area (Å²) in [5.41, 5.74) is 0.722. The minimum atomic E-state index is -3.19. The van der Waals surface area contributed by atoms with Crippen LogP contribution in [-0.2, 0) is 20.2 Å². The molecule has 0 aromatic carbocycles. The molecule has 17 nitrogen and oxygen atoms in total. The van der Waals surface area contributed by atoms with Gasteiger partial charge in [0.25, 0.3) is 0 Å². The summed E-state index contributed by atoms with van der Waals surface area (Å²) in [6, 6.07) is -0.100. The van der Waals surface area contributed by atoms with Crippen LogP contribution < -0.4 is 19.1 Å². The Morgan fingerprint density at radius 1 is 0.886 bits per heavy atom. The van der Waals surface area contributed by atoms with Crippen LogP contribution in [-0.4, -0.2) is 110 Å². The highest BCUT2D eigenvalue weighted by Gasteiger charge is 2.35. The first kappa shape index (κ1) is 31.1. The van der Waals surface area contributed by atoms with Gasteiger partial charge in [-0.05, 0) is 25.7 Å². The third-order valence-corrected chi connectivity index (χ3v) is 6.96. The molecule has 5 rings (SSSR count). The summed E-state index contributed by atoms with van der Waals surface area (Å²) in [5, 5.41) is 29.0. The predicted octanol–water partition coefficient (Wildman–Crippen LogP) is 0.577. The number of rotatable bonds is 12. The topological polar surface area (TPSA) is 214 Å². The molecule has 1 saturated carbocycles. The molecule has 0 bridgehead atoms. The number of carbonyl (C=O) groups is 1. The zero-order valence-corrected chi connectivity index (χ0v) is 24.1. The molecular weight excluding hydrogens is 582 g/mol. The zero-order valence-electron chi connectivity index (χ0n) is 24.1. The predicted molar refractivity (Wildman–Crippen MR) is 148 cm³/mol. The molecule has 1 saturated heterocycles. The number of aliphatic hydroxyl groups is 3. The highest BCUT2D eigenvalue weighted by atomic mass is 16.7. The van der Waals surface area contributed by atoms with Crippen molar-refractivity contribution in [3.63, 3.8) is 0 Å². The van der Waals surface area contributed by atoms with E-state index in [0.717, 1.165) is 6.20 Å². The quantitative estimate of drug-likeness (QED) is 0.188. The number of carbonyl (C=O) groups excluding carboxylic acids is 1. The van der Waals surface area contributed by atoms with E-state index in [1.54, 1.807) is 12.4 Å². The van der Waals surface area contributed by atoms with Crippen molar-refractivity contribution in [3.05, 3.63) is 36.5 Å². The SMILES string of the molecule is COCCOC(=O)N(c1cnc(-c2cnc(OC)nc2)cn1)[C@H]1CC[C@H](Oc2ncc(C(O)(O)O)c(OC3COC3)n2)CC1. The van der Waals surface area contributed by atoms with Crippen LogP contribution in [0.4, 0.5) is 10.6 Å². The first-order valence-corrected chi connectivity index (χ1v) is 13.8. The number of ether oxygens (including phenoxy) is 6. The monoisotopic (exact) mass is 615 g/mol. The zero-order chi connectivity index (χ0) is 31.1. The van der Waals surface area contributed by atoms with Gasteiger partial charge in [-0.3, -0.25) is 9.88 Å². The lowest BCUT2D eigenvalue weighted by atomic mass is 9.92. The molecule has 1 aliphatic carbocycles. The van der Waals surface area contributed by atoms with Gasteiger partial charge in [-0.2, -0.15) is 4.98 Å². The van der Waals surface area contributed by atoms with Crippen LogP contribution in [0.3, 0.4) is 0 Å². The summed E-state index contributed by atoms with van der Waals surface area (Å²) >= 11 is 0. The van der Waals surface area contributed by atoms with Crippen LogP contribution in [0.1, 0.15) is 31.2 Å². The van der Waals surface area contributed by atoms with Gasteiger partial charge in [0.15, 0.2) is 5.82 Å². The summed E-state index contributed by atoms with van der Waals surface area (Å²) in [7, 11) is 2.99. The maximum atomic E-state index is 13.2. The van der Waals surface area contributed by atoms with E-state index in [9.17, 15) is 20.1 Å². The Labute approximate surface area is 251 Å². The van der Waals surface area contributed by atoms with Crippen molar-refractivity contribution in [2.45, 2.75) is 49.9 Å². The molecule has 2 fully saturated rings. The molecule has 4 heterocycles. The first-order valence-electron chi connectivity index (χ1n) is 13.8. The Bertz CT molecular complexity index is 1380. The molecule has 17 heteroatoms. The van der Waals surface area contributed by atoms with Gasteiger partial charge >= 0.3 is 24.1 Å². The van der Waals surface area contributed by atoms with E-state index in [1.807, 2.05) is 0 Å². The van der Waals surface area contributed by atoms with Crippen molar-refractivity contribution < 1.29 is 48.5 Å². The molecule has 3 aromatic rings. The highest BCUT2D eigenvalue weighted by molar-refractivity contribution is 5.87. The van der Waals surface area contributed by atoms with Gasteiger partial charge in [0.2, 0.25) is 5.88 Å². The van der Waals surface area contributed by atoms with E-state index in [0.29, 0.717) is 56.0 Å². The summed E-state index contributed by atoms with van der Waals surface area (Å²) in [5.74, 6) is -3.10. The molecular formula is C27H33N7O10. The number of aromatic nitrogens is 6. The smallest absolute Gasteiger partial charge is 0.415 e. The van der Waals surface area contributed by atoms with Crippen LogP contribution in [0.5, 0.6) is 17.9 Å². The molecule has 1 amide bonds. The number of nitrogens with zero attached hydrogens (tertiary/aromatic N) is 7. The molecule has 0 atom stereocenters. The summed E-state index contributed by atoms with van der Waals surface area (Å²) in [6.07, 6.45) is 8.06. The second-order valence-electron chi connectivity index (χ2n) is 10.0. The van der Waals surface area contributed by atoms with Crippen molar-refractivity contribution in [2.24, 2.45) is 0 Å². The van der Waals surface area contributed by atoms with Gasteiger partial charge in [-0.15, -0.1) is 0 Å². The van der Waals surface area contributed by atoms with Crippen molar-refractivity contribution in [2.75, 3.05) is 45.5 Å². The lowest BCUT2D eigenvalue weighted by Crippen LogP contribution is -2.45. The number of hydrogen-bond donors (Lipinski definition) is 3. The fourth-order valence-corrected chi connectivity index (χ4v) is 4.60. The molecule has 0 unspecified atom stereocenters. The van der Waals surface area contributed by atoms with E-state index >= 15 is 0 Å². The van der Waals surface area contributed by atoms with E-state index in [4.69, 9.17) is 28.4 Å². The van der Waals surface area contributed by atoms with E-state index in [2.05, 4.69) is 29.9 Å². The average Bonchev–Trinajstić information content (AvgIpc) is 3.00. The van der Waals surface area contributed by atoms with Crippen LogP contribution in [0.15, 0.2) is 31.0 Å². The van der Waals surface area contributed by atoms with Gasteiger partial charge in [0.1, 0.15) is 24.4 Å². The van der Waals surface area contributed by atoms with Gasteiger partial charge in [-0.25, -0.2) is 24.7 Å². The van der Waals surface area contributed by atoms with Crippen LogP contribution in [0.2, 0.25) is 0 Å². The van der Waals surface area contributed by atoms with Crippen molar-refractivity contribution in [1.29, 1.82) is 0 Å². The Kier molecular flexibility index (Phi) is 9.91.